The molecule has 0 spiro atoms. The average molecular weight is 357 g/mol. The lowest BCUT2D eigenvalue weighted by Crippen LogP contribution is -2.04. The summed E-state index contributed by atoms with van der Waals surface area (Å²) >= 11 is 3.37. The summed E-state index contributed by atoms with van der Waals surface area (Å²) in [6.07, 6.45) is 0. The van der Waals surface area contributed by atoms with Crippen molar-refractivity contribution in [3.8, 4) is 11.5 Å². The van der Waals surface area contributed by atoms with Crippen molar-refractivity contribution in [1.29, 1.82) is 0 Å². The van der Waals surface area contributed by atoms with E-state index in [2.05, 4.69) is 15.9 Å². The van der Waals surface area contributed by atoms with Gasteiger partial charge in [-0.3, -0.25) is 0 Å². The zero-order valence-electron chi connectivity index (χ0n) is 11.5. The Morgan fingerprint density at radius 3 is 2.33 bits per heavy atom. The minimum absolute atomic E-state index is 0.0930. The lowest BCUT2D eigenvalue weighted by molar-refractivity contribution is 0.261. The van der Waals surface area contributed by atoms with Gasteiger partial charge in [-0.25, -0.2) is 8.78 Å². The van der Waals surface area contributed by atoms with Crippen LogP contribution >= 0.6 is 15.9 Å². The summed E-state index contributed by atoms with van der Waals surface area (Å²) in [6, 6.07) is 9.18. The van der Waals surface area contributed by atoms with Crippen LogP contribution in [0.5, 0.6) is 11.5 Å². The predicted molar refractivity (Wildman–Crippen MR) is 80.9 cm³/mol. The molecule has 112 valence electrons. The van der Waals surface area contributed by atoms with Crippen molar-refractivity contribution < 1.29 is 18.3 Å². The van der Waals surface area contributed by atoms with Gasteiger partial charge in [0.25, 0.3) is 0 Å². The highest BCUT2D eigenvalue weighted by Gasteiger charge is 2.11. The Morgan fingerprint density at radius 1 is 1.00 bits per heavy atom. The number of benzene rings is 2. The second kappa shape index (κ2) is 7.41. The van der Waals surface area contributed by atoms with E-state index in [0.717, 1.165) is 5.56 Å². The van der Waals surface area contributed by atoms with Crippen LogP contribution in [0.3, 0.4) is 0 Å². The monoisotopic (exact) mass is 356 g/mol. The van der Waals surface area contributed by atoms with E-state index < -0.39 is 11.6 Å². The Kier molecular flexibility index (Phi) is 5.56. The van der Waals surface area contributed by atoms with Crippen LogP contribution in [0.15, 0.2) is 36.4 Å². The molecule has 0 unspecified atom stereocenters. The summed E-state index contributed by atoms with van der Waals surface area (Å²) in [6.45, 7) is 2.16. The van der Waals surface area contributed by atoms with Crippen molar-refractivity contribution in [2.75, 3.05) is 6.61 Å². The fourth-order valence-electron chi connectivity index (χ4n) is 1.84. The number of ether oxygens (including phenoxy) is 2. The van der Waals surface area contributed by atoms with E-state index in [1.807, 2.05) is 19.1 Å². The fraction of sp³-hybridized carbons (Fsp3) is 0.250. The summed E-state index contributed by atoms with van der Waals surface area (Å²) in [4.78, 5) is 0. The van der Waals surface area contributed by atoms with Crippen molar-refractivity contribution in [3.63, 3.8) is 0 Å². The maximum Gasteiger partial charge on any atom is 0.161 e. The molecule has 2 aromatic rings. The molecule has 0 aromatic heterocycles. The smallest absolute Gasteiger partial charge is 0.161 e. The molecule has 0 amide bonds. The molecule has 5 heteroatoms. The minimum Gasteiger partial charge on any atom is -0.490 e. The Morgan fingerprint density at radius 2 is 1.71 bits per heavy atom. The highest BCUT2D eigenvalue weighted by molar-refractivity contribution is 9.08. The zero-order chi connectivity index (χ0) is 15.2. The number of rotatable bonds is 6. The molecule has 0 radical (unpaired) electrons. The molecule has 2 rings (SSSR count). The first-order chi connectivity index (χ1) is 10.2. The van der Waals surface area contributed by atoms with Gasteiger partial charge in [0.15, 0.2) is 11.5 Å². The molecule has 0 aliphatic heterocycles. The van der Waals surface area contributed by atoms with Crippen LogP contribution in [-0.2, 0) is 11.9 Å². The van der Waals surface area contributed by atoms with Gasteiger partial charge in [0, 0.05) is 5.33 Å². The average Bonchev–Trinajstić information content (AvgIpc) is 2.48. The van der Waals surface area contributed by atoms with E-state index in [4.69, 9.17) is 9.47 Å². The molecule has 0 atom stereocenters. The van der Waals surface area contributed by atoms with E-state index in [1.165, 1.54) is 18.2 Å². The second-order valence-corrected chi connectivity index (χ2v) is 4.90. The van der Waals surface area contributed by atoms with Crippen LogP contribution in [0.2, 0.25) is 0 Å². The summed E-state index contributed by atoms with van der Waals surface area (Å²) in [5.41, 5.74) is 0.937. The maximum absolute atomic E-state index is 13.6. The van der Waals surface area contributed by atoms with Crippen molar-refractivity contribution >= 4 is 15.9 Å². The van der Waals surface area contributed by atoms with E-state index in [-0.39, 0.29) is 12.2 Å². The van der Waals surface area contributed by atoms with Crippen LogP contribution in [0.4, 0.5) is 8.78 Å². The number of hydrogen-bond acceptors (Lipinski definition) is 2. The quantitative estimate of drug-likeness (QED) is 0.689. The van der Waals surface area contributed by atoms with Crippen LogP contribution < -0.4 is 9.47 Å². The van der Waals surface area contributed by atoms with E-state index >= 15 is 0 Å². The summed E-state index contributed by atoms with van der Waals surface area (Å²) in [5, 5.41) is 0.690. The molecule has 0 fully saturated rings. The number of halogens is 3. The zero-order valence-corrected chi connectivity index (χ0v) is 13.1. The van der Waals surface area contributed by atoms with Gasteiger partial charge in [-0.2, -0.15) is 0 Å². The van der Waals surface area contributed by atoms with Gasteiger partial charge in [0.2, 0.25) is 0 Å². The van der Waals surface area contributed by atoms with Crippen LogP contribution in [0.25, 0.3) is 0 Å². The normalized spacial score (nSPS) is 10.5. The maximum atomic E-state index is 13.6. The van der Waals surface area contributed by atoms with Gasteiger partial charge < -0.3 is 9.47 Å². The van der Waals surface area contributed by atoms with Crippen LogP contribution in [-0.4, -0.2) is 6.61 Å². The highest BCUT2D eigenvalue weighted by atomic mass is 79.9. The summed E-state index contributed by atoms with van der Waals surface area (Å²) < 4.78 is 38.1. The molecule has 0 N–H and O–H groups in total. The van der Waals surface area contributed by atoms with Gasteiger partial charge in [-0.15, -0.1) is 0 Å². The fourth-order valence-corrected chi connectivity index (χ4v) is 2.19. The first-order valence-electron chi connectivity index (χ1n) is 6.53. The third kappa shape index (κ3) is 3.94. The standard InChI is InChI=1S/C16H15BrF2O2/c1-2-20-16-8-11(9-17)6-7-15(16)21-10-12-13(18)4-3-5-14(12)19/h3-8H,2,9-10H2,1H3. The lowest BCUT2D eigenvalue weighted by Gasteiger charge is -2.13. The Labute approximate surface area is 130 Å². The predicted octanol–water partition coefficient (Wildman–Crippen LogP) is 4.84. The second-order valence-electron chi connectivity index (χ2n) is 4.34. The molecule has 0 saturated carbocycles. The molecular weight excluding hydrogens is 342 g/mol. The third-order valence-corrected chi connectivity index (χ3v) is 3.54. The molecule has 0 bridgehead atoms. The lowest BCUT2D eigenvalue weighted by atomic mass is 10.2. The van der Waals surface area contributed by atoms with Crippen molar-refractivity contribution in [2.45, 2.75) is 18.9 Å². The molecule has 0 saturated heterocycles. The van der Waals surface area contributed by atoms with Gasteiger partial charge in [-0.1, -0.05) is 28.1 Å². The molecule has 0 aliphatic carbocycles. The minimum atomic E-state index is -0.620. The van der Waals surface area contributed by atoms with Crippen LogP contribution in [0.1, 0.15) is 18.1 Å². The van der Waals surface area contributed by atoms with E-state index in [1.54, 1.807) is 6.07 Å². The molecule has 0 heterocycles. The topological polar surface area (TPSA) is 18.5 Å². The molecule has 0 aliphatic rings. The molecule has 2 aromatic carbocycles. The Bertz CT molecular complexity index is 597. The van der Waals surface area contributed by atoms with Crippen molar-refractivity contribution in [3.05, 3.63) is 59.2 Å². The van der Waals surface area contributed by atoms with E-state index in [9.17, 15) is 8.78 Å². The van der Waals surface area contributed by atoms with E-state index in [0.29, 0.717) is 23.4 Å². The molecule has 2 nitrogen and oxygen atoms in total. The number of hydrogen-bond donors (Lipinski definition) is 0. The highest BCUT2D eigenvalue weighted by Crippen LogP contribution is 2.30. The SMILES string of the molecule is CCOc1cc(CBr)ccc1OCc1c(F)cccc1F. The summed E-state index contributed by atoms with van der Waals surface area (Å²) in [5.74, 6) is -0.217. The first kappa shape index (κ1) is 15.8. The van der Waals surface area contributed by atoms with Crippen LogP contribution in [0, 0.1) is 11.6 Å². The van der Waals surface area contributed by atoms with Gasteiger partial charge >= 0.3 is 0 Å². The first-order valence-corrected chi connectivity index (χ1v) is 7.65. The Hall–Kier alpha value is -1.62. The van der Waals surface area contributed by atoms with Gasteiger partial charge in [-0.05, 0) is 36.8 Å². The van der Waals surface area contributed by atoms with Crippen molar-refractivity contribution in [1.82, 2.24) is 0 Å². The summed E-state index contributed by atoms with van der Waals surface area (Å²) in [7, 11) is 0. The van der Waals surface area contributed by atoms with Gasteiger partial charge in [0.1, 0.15) is 18.2 Å². The molecule has 21 heavy (non-hydrogen) atoms. The van der Waals surface area contributed by atoms with Crippen molar-refractivity contribution in [2.24, 2.45) is 0 Å². The largest absolute Gasteiger partial charge is 0.490 e. The Balaban J connectivity index is 2.19. The third-order valence-electron chi connectivity index (χ3n) is 2.90. The van der Waals surface area contributed by atoms with Gasteiger partial charge in [0.05, 0.1) is 12.2 Å². The number of alkyl halides is 1. The molecular formula is C16H15BrF2O2.